The van der Waals surface area contributed by atoms with Gasteiger partial charge in [0.2, 0.25) is 0 Å². The van der Waals surface area contributed by atoms with Gasteiger partial charge in [-0.25, -0.2) is 0 Å². The number of carbonyl (C=O) groups is 1. The summed E-state index contributed by atoms with van der Waals surface area (Å²) in [5, 5.41) is 15.6. The van der Waals surface area contributed by atoms with Gasteiger partial charge in [-0.05, 0) is 6.42 Å². The standard InChI is InChI=1S/C22H46O.CH2O2/c1-2-3-4-5-6-7-8-9-10-11-12-13-14-15-16-17-18-19-20-21-22-23;2-1-3/h23H,2-22H2,1H3;1H,(H,2,3). The molecule has 0 amide bonds. The molecule has 0 saturated heterocycles. The Labute approximate surface area is 164 Å². The summed E-state index contributed by atoms with van der Waals surface area (Å²) in [6.07, 6.45) is 28.1. The predicted octanol–water partition coefficient (Wildman–Crippen LogP) is 7.50. The highest BCUT2D eigenvalue weighted by Crippen LogP contribution is 2.14. The molecule has 0 aliphatic carbocycles. The highest BCUT2D eigenvalue weighted by molar-refractivity contribution is 5.32. The van der Waals surface area contributed by atoms with Crippen molar-refractivity contribution < 1.29 is 15.0 Å². The van der Waals surface area contributed by atoms with E-state index in [1.54, 1.807) is 0 Å². The molecule has 0 rings (SSSR count). The topological polar surface area (TPSA) is 57.5 Å². The van der Waals surface area contributed by atoms with E-state index in [1.807, 2.05) is 0 Å². The summed E-state index contributed by atoms with van der Waals surface area (Å²) in [6, 6.07) is 0. The molecule has 0 unspecified atom stereocenters. The molecule has 0 atom stereocenters. The first kappa shape index (κ1) is 27.6. The van der Waals surface area contributed by atoms with Crippen LogP contribution in [0.5, 0.6) is 0 Å². The number of aliphatic hydroxyl groups is 1. The molecule has 0 saturated carbocycles. The fourth-order valence-electron chi connectivity index (χ4n) is 3.37. The van der Waals surface area contributed by atoms with Crippen molar-refractivity contribution in [3.05, 3.63) is 0 Å². The van der Waals surface area contributed by atoms with E-state index in [2.05, 4.69) is 6.92 Å². The normalized spacial score (nSPS) is 10.4. The second-order valence-corrected chi connectivity index (χ2v) is 7.55. The average Bonchev–Trinajstić information content (AvgIpc) is 2.64. The number of carboxylic acid groups (broad SMARTS) is 1. The molecule has 0 aliphatic rings. The highest BCUT2D eigenvalue weighted by Gasteiger charge is 1.95. The molecule has 0 aliphatic heterocycles. The summed E-state index contributed by atoms with van der Waals surface area (Å²) in [5.74, 6) is 0. The molecule has 26 heavy (non-hydrogen) atoms. The molecule has 0 spiro atoms. The number of aliphatic hydroxyl groups excluding tert-OH is 1. The van der Waals surface area contributed by atoms with E-state index in [1.165, 1.54) is 122 Å². The van der Waals surface area contributed by atoms with Gasteiger partial charge in [0.15, 0.2) is 0 Å². The molecule has 2 N–H and O–H groups in total. The maximum Gasteiger partial charge on any atom is 0.290 e. The Hall–Kier alpha value is -0.570. The maximum atomic E-state index is 8.71. The lowest BCUT2D eigenvalue weighted by molar-refractivity contribution is -0.122. The Bertz CT molecular complexity index is 211. The zero-order valence-corrected chi connectivity index (χ0v) is 17.7. The SMILES string of the molecule is CCCCCCCCCCCCCCCCCCCCCCO.O=CO. The van der Waals surface area contributed by atoms with E-state index < -0.39 is 0 Å². The van der Waals surface area contributed by atoms with Crippen molar-refractivity contribution in [2.45, 2.75) is 135 Å². The molecule has 0 aromatic carbocycles. The van der Waals surface area contributed by atoms with Crippen LogP contribution in [-0.2, 0) is 4.79 Å². The Kier molecular flexibility index (Phi) is 31.1. The molecule has 0 aromatic rings. The van der Waals surface area contributed by atoms with Crippen molar-refractivity contribution in [1.82, 2.24) is 0 Å². The van der Waals surface area contributed by atoms with Crippen LogP contribution >= 0.6 is 0 Å². The lowest BCUT2D eigenvalue weighted by Gasteiger charge is -2.03. The first-order valence-corrected chi connectivity index (χ1v) is 11.5. The van der Waals surface area contributed by atoms with E-state index in [0.717, 1.165) is 6.42 Å². The smallest absolute Gasteiger partial charge is 0.290 e. The number of hydrogen-bond donors (Lipinski definition) is 2. The van der Waals surface area contributed by atoms with Crippen LogP contribution in [0.25, 0.3) is 0 Å². The van der Waals surface area contributed by atoms with Crippen molar-refractivity contribution in [3.63, 3.8) is 0 Å². The van der Waals surface area contributed by atoms with Crippen LogP contribution in [0.2, 0.25) is 0 Å². The monoisotopic (exact) mass is 372 g/mol. The summed E-state index contributed by atoms with van der Waals surface area (Å²) >= 11 is 0. The lowest BCUT2D eigenvalue weighted by atomic mass is 10.0. The van der Waals surface area contributed by atoms with Gasteiger partial charge in [0, 0.05) is 6.61 Å². The molecule has 0 aromatic heterocycles. The summed E-state index contributed by atoms with van der Waals surface area (Å²) < 4.78 is 0. The maximum absolute atomic E-state index is 8.71. The van der Waals surface area contributed by atoms with Gasteiger partial charge in [-0.3, -0.25) is 4.79 Å². The van der Waals surface area contributed by atoms with Gasteiger partial charge >= 0.3 is 0 Å². The van der Waals surface area contributed by atoms with Crippen LogP contribution in [0, 0.1) is 0 Å². The second-order valence-electron chi connectivity index (χ2n) is 7.55. The largest absolute Gasteiger partial charge is 0.483 e. The fourth-order valence-corrected chi connectivity index (χ4v) is 3.37. The summed E-state index contributed by atoms with van der Waals surface area (Å²) in [7, 11) is 0. The van der Waals surface area contributed by atoms with E-state index in [9.17, 15) is 0 Å². The van der Waals surface area contributed by atoms with Crippen molar-refractivity contribution in [1.29, 1.82) is 0 Å². The number of rotatable bonds is 20. The van der Waals surface area contributed by atoms with Crippen LogP contribution in [0.3, 0.4) is 0 Å². The van der Waals surface area contributed by atoms with Crippen molar-refractivity contribution in [2.24, 2.45) is 0 Å². The minimum absolute atomic E-state index is 0.250. The molecule has 0 fully saturated rings. The number of hydrogen-bond acceptors (Lipinski definition) is 2. The van der Waals surface area contributed by atoms with Gasteiger partial charge in [0.25, 0.3) is 6.47 Å². The van der Waals surface area contributed by atoms with Gasteiger partial charge in [-0.2, -0.15) is 0 Å². The van der Waals surface area contributed by atoms with E-state index in [0.29, 0.717) is 6.61 Å². The third kappa shape index (κ3) is 31.2. The van der Waals surface area contributed by atoms with Gasteiger partial charge < -0.3 is 10.2 Å². The Morgan fingerprint density at radius 3 is 0.885 bits per heavy atom. The molecule has 0 bridgehead atoms. The zero-order valence-electron chi connectivity index (χ0n) is 17.7. The molecule has 3 heteroatoms. The van der Waals surface area contributed by atoms with Crippen LogP contribution in [0.1, 0.15) is 135 Å². The van der Waals surface area contributed by atoms with Crippen molar-refractivity contribution in [2.75, 3.05) is 6.61 Å². The van der Waals surface area contributed by atoms with Crippen LogP contribution in [-0.4, -0.2) is 23.3 Å². The number of unbranched alkanes of at least 4 members (excludes halogenated alkanes) is 19. The second kappa shape index (κ2) is 29.2. The Morgan fingerprint density at radius 2 is 0.692 bits per heavy atom. The average molecular weight is 373 g/mol. The molecule has 3 nitrogen and oxygen atoms in total. The highest BCUT2D eigenvalue weighted by atomic mass is 16.3. The van der Waals surface area contributed by atoms with Crippen molar-refractivity contribution >= 4 is 6.47 Å². The fraction of sp³-hybridized carbons (Fsp3) is 0.957. The minimum Gasteiger partial charge on any atom is -0.483 e. The summed E-state index contributed by atoms with van der Waals surface area (Å²) in [4.78, 5) is 8.36. The quantitative estimate of drug-likeness (QED) is 0.172. The first-order valence-electron chi connectivity index (χ1n) is 11.5. The Balaban J connectivity index is 0. The summed E-state index contributed by atoms with van der Waals surface area (Å²) in [6.45, 7) is 2.42. The van der Waals surface area contributed by atoms with Gasteiger partial charge in [0.05, 0.1) is 0 Å². The Morgan fingerprint density at radius 1 is 0.500 bits per heavy atom. The van der Waals surface area contributed by atoms with Crippen LogP contribution < -0.4 is 0 Å². The predicted molar refractivity (Wildman–Crippen MR) is 114 cm³/mol. The summed E-state index contributed by atoms with van der Waals surface area (Å²) in [5.41, 5.74) is 0. The molecule has 0 radical (unpaired) electrons. The first-order chi connectivity index (χ1) is 12.8. The molecular weight excluding hydrogens is 324 g/mol. The third-order valence-corrected chi connectivity index (χ3v) is 5.01. The van der Waals surface area contributed by atoms with Crippen LogP contribution in [0.15, 0.2) is 0 Å². The molecular formula is C23H48O3. The van der Waals surface area contributed by atoms with Gasteiger partial charge in [0.1, 0.15) is 0 Å². The molecule has 0 heterocycles. The third-order valence-electron chi connectivity index (χ3n) is 5.01. The van der Waals surface area contributed by atoms with E-state index in [4.69, 9.17) is 15.0 Å². The van der Waals surface area contributed by atoms with Crippen LogP contribution in [0.4, 0.5) is 0 Å². The van der Waals surface area contributed by atoms with Gasteiger partial charge in [-0.15, -0.1) is 0 Å². The van der Waals surface area contributed by atoms with Crippen molar-refractivity contribution in [3.8, 4) is 0 Å². The van der Waals surface area contributed by atoms with Gasteiger partial charge in [-0.1, -0.05) is 129 Å². The van der Waals surface area contributed by atoms with E-state index >= 15 is 0 Å². The molecule has 158 valence electrons. The lowest BCUT2D eigenvalue weighted by Crippen LogP contribution is -1.85. The zero-order chi connectivity index (χ0) is 19.6. The van der Waals surface area contributed by atoms with E-state index in [-0.39, 0.29) is 6.47 Å². The minimum atomic E-state index is -0.250.